The molecule has 3 N–H and O–H groups in total. The van der Waals surface area contributed by atoms with Gasteiger partial charge in [-0.3, -0.25) is 4.79 Å². The zero-order valence-electron chi connectivity index (χ0n) is 13.9. The van der Waals surface area contributed by atoms with E-state index in [1.807, 2.05) is 0 Å². The number of nitrogens with one attached hydrogen (secondary N) is 1. The molecule has 0 saturated carbocycles. The Morgan fingerprint density at radius 2 is 2.32 bits per heavy atom. The lowest BCUT2D eigenvalue weighted by atomic mass is 10.1. The van der Waals surface area contributed by atoms with E-state index in [9.17, 15) is 9.59 Å². The van der Waals surface area contributed by atoms with E-state index >= 15 is 0 Å². The summed E-state index contributed by atoms with van der Waals surface area (Å²) in [6.07, 6.45) is 2.92. The molecule has 0 spiro atoms. The van der Waals surface area contributed by atoms with Gasteiger partial charge in [-0.05, 0) is 37.8 Å². The van der Waals surface area contributed by atoms with Gasteiger partial charge in [0.15, 0.2) is 0 Å². The Bertz CT molecular complexity index is 811. The number of aromatic nitrogens is 2. The number of hydrogen-bond donors (Lipinski definition) is 2. The fourth-order valence-electron chi connectivity index (χ4n) is 2.76. The van der Waals surface area contributed by atoms with Crippen LogP contribution in [0.5, 0.6) is 0 Å². The first-order valence-corrected chi connectivity index (χ1v) is 8.98. The van der Waals surface area contributed by atoms with Crippen molar-refractivity contribution in [3.05, 3.63) is 38.4 Å². The Hall–Kier alpha value is -2.26. The lowest BCUT2D eigenvalue weighted by Crippen LogP contribution is -2.30. The molecule has 3 heterocycles. The van der Waals surface area contributed by atoms with Gasteiger partial charge in [-0.1, -0.05) is 11.3 Å². The summed E-state index contributed by atoms with van der Waals surface area (Å²) >= 11 is 1.33. The molecule has 9 heteroatoms. The fraction of sp³-hybridized carbons (Fsp3) is 0.500. The van der Waals surface area contributed by atoms with Gasteiger partial charge in [-0.2, -0.15) is 0 Å². The Balaban J connectivity index is 1.58. The van der Waals surface area contributed by atoms with Crippen molar-refractivity contribution in [1.29, 1.82) is 0 Å². The second kappa shape index (κ2) is 7.75. The number of aryl methyl sites for hydroxylation is 2. The topological polar surface area (TPSA) is 120 Å². The fourth-order valence-corrected chi connectivity index (χ4v) is 3.42. The molecule has 1 aliphatic heterocycles. The summed E-state index contributed by atoms with van der Waals surface area (Å²) in [5.41, 5.74) is 5.53. The van der Waals surface area contributed by atoms with Gasteiger partial charge in [0.05, 0.1) is 0 Å². The molecule has 0 aromatic carbocycles. The van der Waals surface area contributed by atoms with Crippen LogP contribution in [0.3, 0.4) is 0 Å². The highest BCUT2D eigenvalue weighted by atomic mass is 32.1. The van der Waals surface area contributed by atoms with E-state index in [2.05, 4.69) is 15.5 Å². The monoisotopic (exact) mass is 364 g/mol. The largest absolute Gasteiger partial charge is 0.424 e. The molecule has 0 radical (unpaired) electrons. The van der Waals surface area contributed by atoms with Crippen molar-refractivity contribution in [3.8, 4) is 0 Å². The van der Waals surface area contributed by atoms with Crippen LogP contribution in [0.2, 0.25) is 0 Å². The van der Waals surface area contributed by atoms with E-state index < -0.39 is 11.5 Å². The minimum Gasteiger partial charge on any atom is -0.424 e. The normalized spacial score (nSPS) is 16.9. The van der Waals surface area contributed by atoms with E-state index in [1.165, 1.54) is 11.3 Å². The SMILES string of the molecule is Cc1cc(C2CCCO2)oc(=O)c1C(=O)NCCCc1nnc(N)s1. The van der Waals surface area contributed by atoms with Crippen LogP contribution in [0, 0.1) is 6.92 Å². The van der Waals surface area contributed by atoms with E-state index in [0.29, 0.717) is 42.4 Å². The lowest BCUT2D eigenvalue weighted by molar-refractivity contribution is 0.0883. The van der Waals surface area contributed by atoms with Gasteiger partial charge in [0.2, 0.25) is 5.13 Å². The second-order valence-electron chi connectivity index (χ2n) is 5.89. The number of rotatable bonds is 6. The number of hydrogen-bond acceptors (Lipinski definition) is 8. The molecule has 0 aliphatic carbocycles. The number of anilines is 1. The van der Waals surface area contributed by atoms with E-state index in [-0.39, 0.29) is 11.7 Å². The summed E-state index contributed by atoms with van der Waals surface area (Å²) in [6.45, 7) is 2.81. The Kier molecular flexibility index (Phi) is 5.44. The van der Waals surface area contributed by atoms with Crippen molar-refractivity contribution in [3.63, 3.8) is 0 Å². The van der Waals surface area contributed by atoms with Crippen LogP contribution in [0.15, 0.2) is 15.3 Å². The van der Waals surface area contributed by atoms with Gasteiger partial charge in [0.25, 0.3) is 5.91 Å². The summed E-state index contributed by atoms with van der Waals surface area (Å²) in [6, 6.07) is 1.72. The van der Waals surface area contributed by atoms with Gasteiger partial charge in [0.1, 0.15) is 22.4 Å². The molecule has 2 aromatic heterocycles. The van der Waals surface area contributed by atoms with Gasteiger partial charge >= 0.3 is 5.63 Å². The van der Waals surface area contributed by atoms with Crippen molar-refractivity contribution >= 4 is 22.4 Å². The molecule has 1 fully saturated rings. The third-order valence-electron chi connectivity index (χ3n) is 3.98. The number of nitrogens with zero attached hydrogens (tertiary/aromatic N) is 2. The third kappa shape index (κ3) is 4.23. The maximum absolute atomic E-state index is 12.3. The van der Waals surface area contributed by atoms with Crippen LogP contribution in [0.25, 0.3) is 0 Å². The smallest absolute Gasteiger partial charge is 0.349 e. The minimum absolute atomic E-state index is 0.0434. The quantitative estimate of drug-likeness (QED) is 0.747. The summed E-state index contributed by atoms with van der Waals surface area (Å²) < 4.78 is 10.8. The highest BCUT2D eigenvalue weighted by molar-refractivity contribution is 7.15. The van der Waals surface area contributed by atoms with Crippen molar-refractivity contribution in [2.45, 2.75) is 38.7 Å². The zero-order valence-corrected chi connectivity index (χ0v) is 14.7. The number of nitrogen functional groups attached to an aromatic ring is 1. The predicted octanol–water partition coefficient (Wildman–Crippen LogP) is 1.60. The van der Waals surface area contributed by atoms with Crippen molar-refractivity contribution in [2.24, 2.45) is 0 Å². The summed E-state index contributed by atoms with van der Waals surface area (Å²) in [4.78, 5) is 24.5. The van der Waals surface area contributed by atoms with Crippen molar-refractivity contribution in [1.82, 2.24) is 15.5 Å². The van der Waals surface area contributed by atoms with Crippen LogP contribution in [0.4, 0.5) is 5.13 Å². The first-order chi connectivity index (χ1) is 12.0. The third-order valence-corrected chi connectivity index (χ3v) is 4.79. The average molecular weight is 364 g/mol. The van der Waals surface area contributed by atoms with Crippen LogP contribution in [-0.2, 0) is 11.2 Å². The Morgan fingerprint density at radius 3 is 2.96 bits per heavy atom. The number of carbonyl (C=O) groups is 1. The predicted molar refractivity (Wildman–Crippen MR) is 92.6 cm³/mol. The molecule has 134 valence electrons. The van der Waals surface area contributed by atoms with Crippen LogP contribution in [-0.4, -0.2) is 29.3 Å². The molecule has 1 saturated heterocycles. The highest BCUT2D eigenvalue weighted by Crippen LogP contribution is 2.28. The Morgan fingerprint density at radius 1 is 1.48 bits per heavy atom. The van der Waals surface area contributed by atoms with Gasteiger partial charge in [-0.15, -0.1) is 10.2 Å². The van der Waals surface area contributed by atoms with Gasteiger partial charge < -0.3 is 20.2 Å². The molecule has 1 amide bonds. The summed E-state index contributed by atoms with van der Waals surface area (Å²) in [5.74, 6) is 0.0623. The second-order valence-corrected chi connectivity index (χ2v) is 6.98. The molecule has 25 heavy (non-hydrogen) atoms. The average Bonchev–Trinajstić information content (AvgIpc) is 3.22. The van der Waals surface area contributed by atoms with Crippen molar-refractivity contribution in [2.75, 3.05) is 18.9 Å². The molecule has 1 unspecified atom stereocenters. The maximum Gasteiger partial charge on any atom is 0.349 e. The number of ether oxygens (including phenoxy) is 1. The summed E-state index contributed by atoms with van der Waals surface area (Å²) in [7, 11) is 0. The van der Waals surface area contributed by atoms with E-state index in [0.717, 1.165) is 17.8 Å². The molecule has 3 rings (SSSR count). The number of nitrogens with two attached hydrogens (primary N) is 1. The zero-order chi connectivity index (χ0) is 17.8. The lowest BCUT2D eigenvalue weighted by Gasteiger charge is -2.11. The molecular formula is C16H20N4O4S. The number of carbonyl (C=O) groups excluding carboxylic acids is 1. The van der Waals surface area contributed by atoms with Gasteiger partial charge in [0, 0.05) is 19.6 Å². The van der Waals surface area contributed by atoms with E-state index in [4.69, 9.17) is 14.9 Å². The molecule has 1 atom stereocenters. The van der Waals surface area contributed by atoms with Crippen LogP contribution < -0.4 is 16.7 Å². The van der Waals surface area contributed by atoms with Crippen LogP contribution >= 0.6 is 11.3 Å². The van der Waals surface area contributed by atoms with Crippen LogP contribution in [0.1, 0.15) is 52.1 Å². The first kappa shape index (κ1) is 17.6. The standard InChI is InChI=1S/C16H20N4O4S/c1-9-8-11(10-4-3-7-23-10)24-15(22)13(9)14(21)18-6-2-5-12-19-20-16(17)25-12/h8,10H,2-7H2,1H3,(H2,17,20)(H,18,21). The molecule has 8 nitrogen and oxygen atoms in total. The van der Waals surface area contributed by atoms with Gasteiger partial charge in [-0.25, -0.2) is 4.79 Å². The molecular weight excluding hydrogens is 344 g/mol. The van der Waals surface area contributed by atoms with E-state index in [1.54, 1.807) is 13.0 Å². The van der Waals surface area contributed by atoms with Crippen molar-refractivity contribution < 1.29 is 13.9 Å². The number of amides is 1. The molecule has 1 aliphatic rings. The highest BCUT2D eigenvalue weighted by Gasteiger charge is 2.24. The first-order valence-electron chi connectivity index (χ1n) is 8.17. The molecule has 2 aromatic rings. The Labute approximate surface area is 148 Å². The maximum atomic E-state index is 12.3. The minimum atomic E-state index is -0.625. The molecule has 0 bridgehead atoms. The summed E-state index contributed by atoms with van der Waals surface area (Å²) in [5, 5.41) is 11.7.